The van der Waals surface area contributed by atoms with Gasteiger partial charge in [-0.3, -0.25) is 14.8 Å². The first kappa shape index (κ1) is 17.8. The lowest BCUT2D eigenvalue weighted by Gasteiger charge is -2.10. The second-order valence-electron chi connectivity index (χ2n) is 6.21. The highest BCUT2D eigenvalue weighted by molar-refractivity contribution is 6.30. The Balaban J connectivity index is 1.80. The smallest absolute Gasteiger partial charge is 0.258 e. The van der Waals surface area contributed by atoms with Crippen molar-refractivity contribution in [3.05, 3.63) is 93.7 Å². The average molecular weight is 390 g/mol. The number of aliphatic imine (C=N–C) groups is 1. The molecule has 0 unspecified atom stereocenters. The Labute approximate surface area is 166 Å². The van der Waals surface area contributed by atoms with Crippen molar-refractivity contribution >= 4 is 45.7 Å². The van der Waals surface area contributed by atoms with Crippen LogP contribution in [0.3, 0.4) is 0 Å². The number of anilines is 2. The molecule has 0 atom stereocenters. The number of para-hydroxylation sites is 1. The zero-order chi connectivity index (χ0) is 19.5. The Bertz CT molecular complexity index is 1230. The van der Waals surface area contributed by atoms with Crippen LogP contribution in [-0.4, -0.2) is 16.3 Å². The third-order valence-electron chi connectivity index (χ3n) is 4.25. The van der Waals surface area contributed by atoms with Gasteiger partial charge in [0.15, 0.2) is 0 Å². The number of nitrogens with one attached hydrogen (secondary N) is 2. The predicted molar refractivity (Wildman–Crippen MR) is 115 cm³/mol. The Morgan fingerprint density at radius 3 is 2.50 bits per heavy atom. The number of halogens is 1. The summed E-state index contributed by atoms with van der Waals surface area (Å²) in [7, 11) is 0. The number of nitrogens with zero attached hydrogens (tertiary/aromatic N) is 1. The van der Waals surface area contributed by atoms with E-state index in [1.165, 1.54) is 0 Å². The van der Waals surface area contributed by atoms with Crippen LogP contribution in [0.25, 0.3) is 10.8 Å². The summed E-state index contributed by atoms with van der Waals surface area (Å²) < 4.78 is 0. The number of H-pyrrole nitrogens is 1. The first-order valence-corrected chi connectivity index (χ1v) is 8.99. The van der Waals surface area contributed by atoms with Crippen LogP contribution in [0.4, 0.5) is 17.1 Å². The van der Waals surface area contributed by atoms with Gasteiger partial charge in [0.25, 0.3) is 5.56 Å². The van der Waals surface area contributed by atoms with Crippen molar-refractivity contribution in [1.82, 2.24) is 4.98 Å². The Kier molecular flexibility index (Phi) is 4.83. The molecule has 0 bridgehead atoms. The summed E-state index contributed by atoms with van der Waals surface area (Å²) in [6.45, 7) is 0. The largest absolute Gasteiger partial charge is 0.494 e. The molecule has 4 aromatic rings. The van der Waals surface area contributed by atoms with Gasteiger partial charge in [0, 0.05) is 33.4 Å². The first-order valence-electron chi connectivity index (χ1n) is 8.61. The molecule has 4 rings (SSSR count). The van der Waals surface area contributed by atoms with E-state index in [0.29, 0.717) is 21.4 Å². The molecular formula is C22H16ClN3O2. The predicted octanol–water partition coefficient (Wildman–Crippen LogP) is 5.38. The molecule has 0 aliphatic heterocycles. The maximum Gasteiger partial charge on any atom is 0.258 e. The van der Waals surface area contributed by atoms with Crippen molar-refractivity contribution in [2.24, 2.45) is 4.99 Å². The average Bonchev–Trinajstić information content (AvgIpc) is 2.68. The van der Waals surface area contributed by atoms with Crippen molar-refractivity contribution in [2.45, 2.75) is 0 Å². The summed E-state index contributed by atoms with van der Waals surface area (Å²) in [6.07, 6.45) is 1.55. The molecule has 0 spiro atoms. The van der Waals surface area contributed by atoms with Crippen LogP contribution in [0.5, 0.6) is 5.88 Å². The number of aromatic hydroxyl groups is 1. The molecule has 5 nitrogen and oxygen atoms in total. The molecule has 0 amide bonds. The fraction of sp³-hybridized carbons (Fsp3) is 0. The number of benzene rings is 3. The monoisotopic (exact) mass is 389 g/mol. The summed E-state index contributed by atoms with van der Waals surface area (Å²) in [5, 5.41) is 15.2. The lowest BCUT2D eigenvalue weighted by atomic mass is 10.1. The maximum atomic E-state index is 12.2. The van der Waals surface area contributed by atoms with Crippen LogP contribution >= 0.6 is 11.6 Å². The molecule has 1 aromatic heterocycles. The van der Waals surface area contributed by atoms with Crippen LogP contribution in [0, 0.1) is 0 Å². The molecule has 6 heteroatoms. The fourth-order valence-electron chi connectivity index (χ4n) is 2.93. The molecule has 0 aliphatic rings. The van der Waals surface area contributed by atoms with Gasteiger partial charge in [0.1, 0.15) is 0 Å². The highest BCUT2D eigenvalue weighted by Crippen LogP contribution is 2.27. The van der Waals surface area contributed by atoms with E-state index in [9.17, 15) is 9.90 Å². The molecule has 0 aliphatic carbocycles. The SMILES string of the molecule is O=c1[nH]c(O)c(C=Nc2ccccc2)c2cc(Nc3cccc(Cl)c3)ccc12. The lowest BCUT2D eigenvalue weighted by molar-refractivity contribution is 0.452. The number of aromatic amines is 1. The number of rotatable bonds is 4. The molecule has 0 saturated heterocycles. The first-order chi connectivity index (χ1) is 13.6. The number of aromatic nitrogens is 1. The van der Waals surface area contributed by atoms with Gasteiger partial charge in [-0.25, -0.2) is 0 Å². The van der Waals surface area contributed by atoms with Crippen molar-refractivity contribution in [3.8, 4) is 5.88 Å². The summed E-state index contributed by atoms with van der Waals surface area (Å²) >= 11 is 6.04. The highest BCUT2D eigenvalue weighted by Gasteiger charge is 2.10. The van der Waals surface area contributed by atoms with Crippen LogP contribution in [0.1, 0.15) is 5.56 Å². The lowest BCUT2D eigenvalue weighted by Crippen LogP contribution is -2.08. The number of pyridine rings is 1. The number of fused-ring (bicyclic) bond motifs is 1. The normalized spacial score (nSPS) is 11.2. The minimum atomic E-state index is -0.362. The Morgan fingerprint density at radius 2 is 1.71 bits per heavy atom. The van der Waals surface area contributed by atoms with Crippen LogP contribution in [0.2, 0.25) is 5.02 Å². The Hall–Kier alpha value is -3.57. The van der Waals surface area contributed by atoms with Crippen molar-refractivity contribution in [2.75, 3.05) is 5.32 Å². The fourth-order valence-corrected chi connectivity index (χ4v) is 3.12. The quantitative estimate of drug-likeness (QED) is 0.410. The number of hydrogen-bond acceptors (Lipinski definition) is 4. The van der Waals surface area contributed by atoms with E-state index in [1.807, 2.05) is 42.5 Å². The van der Waals surface area contributed by atoms with E-state index in [2.05, 4.69) is 15.3 Å². The van der Waals surface area contributed by atoms with Crippen LogP contribution in [-0.2, 0) is 0 Å². The molecule has 1 heterocycles. The van der Waals surface area contributed by atoms with E-state index in [-0.39, 0.29) is 11.4 Å². The molecule has 3 aromatic carbocycles. The summed E-state index contributed by atoms with van der Waals surface area (Å²) in [6, 6.07) is 22.0. The zero-order valence-electron chi connectivity index (χ0n) is 14.7. The van der Waals surface area contributed by atoms with Crippen LogP contribution < -0.4 is 10.9 Å². The van der Waals surface area contributed by atoms with Gasteiger partial charge < -0.3 is 10.4 Å². The van der Waals surface area contributed by atoms with Gasteiger partial charge in [-0.1, -0.05) is 35.9 Å². The number of hydrogen-bond donors (Lipinski definition) is 3. The molecule has 138 valence electrons. The standard InChI is InChI=1S/C22H16ClN3O2/c23-14-5-4-8-16(11-14)25-17-9-10-18-19(12-17)20(22(28)26-21(18)27)13-24-15-6-2-1-3-7-15/h1-13,25H,(H2,26,27,28). The van der Waals surface area contributed by atoms with E-state index in [4.69, 9.17) is 11.6 Å². The summed E-state index contributed by atoms with van der Waals surface area (Å²) in [5.41, 5.74) is 2.40. The van der Waals surface area contributed by atoms with E-state index in [1.54, 1.807) is 36.5 Å². The minimum Gasteiger partial charge on any atom is -0.494 e. The van der Waals surface area contributed by atoms with Gasteiger partial charge in [0.2, 0.25) is 5.88 Å². The zero-order valence-corrected chi connectivity index (χ0v) is 15.4. The van der Waals surface area contributed by atoms with Gasteiger partial charge in [-0.05, 0) is 48.5 Å². The second kappa shape index (κ2) is 7.58. The van der Waals surface area contributed by atoms with Crippen LogP contribution in [0.15, 0.2) is 82.6 Å². The molecule has 28 heavy (non-hydrogen) atoms. The van der Waals surface area contributed by atoms with E-state index >= 15 is 0 Å². The Morgan fingerprint density at radius 1 is 0.929 bits per heavy atom. The van der Waals surface area contributed by atoms with Crippen molar-refractivity contribution in [1.29, 1.82) is 0 Å². The topological polar surface area (TPSA) is 77.5 Å². The molecule has 0 fully saturated rings. The van der Waals surface area contributed by atoms with Crippen molar-refractivity contribution in [3.63, 3.8) is 0 Å². The molecule has 3 N–H and O–H groups in total. The molecule has 0 radical (unpaired) electrons. The van der Waals surface area contributed by atoms with E-state index < -0.39 is 0 Å². The second-order valence-corrected chi connectivity index (χ2v) is 6.64. The molecular weight excluding hydrogens is 374 g/mol. The van der Waals surface area contributed by atoms with Crippen molar-refractivity contribution < 1.29 is 5.11 Å². The van der Waals surface area contributed by atoms with E-state index in [0.717, 1.165) is 17.1 Å². The summed E-state index contributed by atoms with van der Waals surface area (Å²) in [4.78, 5) is 19.1. The summed E-state index contributed by atoms with van der Waals surface area (Å²) in [5.74, 6) is -0.225. The molecule has 0 saturated carbocycles. The maximum absolute atomic E-state index is 12.2. The van der Waals surface area contributed by atoms with Gasteiger partial charge in [0.05, 0.1) is 11.3 Å². The minimum absolute atomic E-state index is 0.225. The highest BCUT2D eigenvalue weighted by atomic mass is 35.5. The third-order valence-corrected chi connectivity index (χ3v) is 4.49. The van der Waals surface area contributed by atoms with Gasteiger partial charge in [-0.15, -0.1) is 0 Å². The van der Waals surface area contributed by atoms with Gasteiger partial charge >= 0.3 is 0 Å². The third kappa shape index (κ3) is 3.75. The van der Waals surface area contributed by atoms with Gasteiger partial charge in [-0.2, -0.15) is 0 Å².